The van der Waals surface area contributed by atoms with E-state index in [4.69, 9.17) is 11.6 Å². The minimum absolute atomic E-state index is 0.364. The molecule has 0 aromatic carbocycles. The number of allylic oxidation sites excluding steroid dienone is 1. The third-order valence-corrected chi connectivity index (χ3v) is 2.45. The average Bonchev–Trinajstić information content (AvgIpc) is 2.31. The maximum Gasteiger partial charge on any atom is 0.339 e. The van der Waals surface area contributed by atoms with Gasteiger partial charge in [-0.1, -0.05) is 23.8 Å². The van der Waals surface area contributed by atoms with Crippen LogP contribution in [-0.2, 0) is 4.74 Å². The van der Waals surface area contributed by atoms with Crippen LogP contribution in [0.2, 0.25) is 5.15 Å². The predicted octanol–water partition coefficient (Wildman–Crippen LogP) is 2.85. The van der Waals surface area contributed by atoms with Crippen molar-refractivity contribution in [1.82, 2.24) is 4.98 Å². The van der Waals surface area contributed by atoms with Crippen LogP contribution >= 0.6 is 24.2 Å². The molecule has 0 spiro atoms. The summed E-state index contributed by atoms with van der Waals surface area (Å²) in [7, 11) is 1.33. The Morgan fingerprint density at radius 2 is 2.44 bits per heavy atom. The van der Waals surface area contributed by atoms with Crippen LogP contribution in [0.15, 0.2) is 18.3 Å². The standard InChI is InChI=1S/C11H12ClNO2S/c1-15-11(14)9-6-8(4-2-3-5-16)10(12)13-7-9/h2,4,6-7,16H,3,5H2,1H3. The Labute approximate surface area is 105 Å². The summed E-state index contributed by atoms with van der Waals surface area (Å²) in [6.07, 6.45) is 5.97. The van der Waals surface area contributed by atoms with E-state index in [1.807, 2.05) is 12.2 Å². The van der Waals surface area contributed by atoms with Gasteiger partial charge in [0.2, 0.25) is 0 Å². The topological polar surface area (TPSA) is 39.2 Å². The van der Waals surface area contributed by atoms with Gasteiger partial charge in [-0.15, -0.1) is 0 Å². The molecule has 1 heterocycles. The minimum Gasteiger partial charge on any atom is -0.465 e. The molecule has 0 saturated carbocycles. The molecular weight excluding hydrogens is 246 g/mol. The zero-order chi connectivity index (χ0) is 12.0. The smallest absolute Gasteiger partial charge is 0.339 e. The van der Waals surface area contributed by atoms with Crippen LogP contribution in [0.25, 0.3) is 6.08 Å². The van der Waals surface area contributed by atoms with Gasteiger partial charge in [0.25, 0.3) is 0 Å². The molecule has 0 amide bonds. The highest BCUT2D eigenvalue weighted by atomic mass is 35.5. The van der Waals surface area contributed by atoms with Crippen molar-refractivity contribution in [1.29, 1.82) is 0 Å². The van der Waals surface area contributed by atoms with Gasteiger partial charge in [0.05, 0.1) is 12.7 Å². The van der Waals surface area contributed by atoms with Gasteiger partial charge in [0.1, 0.15) is 5.15 Å². The molecule has 1 aromatic rings. The molecule has 1 aromatic heterocycles. The number of pyridine rings is 1. The number of esters is 1. The number of thiol groups is 1. The minimum atomic E-state index is -0.423. The quantitative estimate of drug-likeness (QED) is 0.512. The monoisotopic (exact) mass is 257 g/mol. The fraction of sp³-hybridized carbons (Fsp3) is 0.273. The molecule has 0 atom stereocenters. The second-order valence-electron chi connectivity index (χ2n) is 3.01. The van der Waals surface area contributed by atoms with E-state index in [0.29, 0.717) is 16.3 Å². The normalized spacial score (nSPS) is 10.7. The lowest BCUT2D eigenvalue weighted by atomic mass is 10.2. The van der Waals surface area contributed by atoms with Crippen molar-refractivity contribution in [2.45, 2.75) is 6.42 Å². The van der Waals surface area contributed by atoms with E-state index >= 15 is 0 Å². The summed E-state index contributed by atoms with van der Waals surface area (Å²) >= 11 is 9.98. The lowest BCUT2D eigenvalue weighted by Gasteiger charge is -2.01. The van der Waals surface area contributed by atoms with Crippen LogP contribution in [0.3, 0.4) is 0 Å². The Hall–Kier alpha value is -1.00. The fourth-order valence-electron chi connectivity index (χ4n) is 1.10. The molecule has 0 bridgehead atoms. The number of carbonyl (C=O) groups excluding carboxylic acids is 1. The van der Waals surface area contributed by atoms with Gasteiger partial charge in [-0.25, -0.2) is 9.78 Å². The van der Waals surface area contributed by atoms with Crippen LogP contribution in [0.4, 0.5) is 0 Å². The molecule has 86 valence electrons. The Morgan fingerprint density at radius 3 is 3.06 bits per heavy atom. The van der Waals surface area contributed by atoms with Gasteiger partial charge in [0.15, 0.2) is 0 Å². The van der Waals surface area contributed by atoms with Crippen LogP contribution < -0.4 is 0 Å². The molecule has 0 aliphatic carbocycles. The third-order valence-electron chi connectivity index (χ3n) is 1.88. The van der Waals surface area contributed by atoms with E-state index in [0.717, 1.165) is 12.2 Å². The van der Waals surface area contributed by atoms with E-state index in [9.17, 15) is 4.79 Å². The first kappa shape index (κ1) is 13.1. The largest absolute Gasteiger partial charge is 0.465 e. The Morgan fingerprint density at radius 1 is 1.69 bits per heavy atom. The molecule has 0 saturated heterocycles. The lowest BCUT2D eigenvalue weighted by Crippen LogP contribution is -2.02. The van der Waals surface area contributed by atoms with E-state index in [1.165, 1.54) is 13.3 Å². The number of rotatable bonds is 4. The average molecular weight is 258 g/mol. The van der Waals surface area contributed by atoms with E-state index < -0.39 is 5.97 Å². The van der Waals surface area contributed by atoms with Crippen molar-refractivity contribution in [2.24, 2.45) is 0 Å². The van der Waals surface area contributed by atoms with Crippen LogP contribution in [0, 0.1) is 0 Å². The number of carbonyl (C=O) groups is 1. The second-order valence-corrected chi connectivity index (χ2v) is 3.82. The molecule has 16 heavy (non-hydrogen) atoms. The highest BCUT2D eigenvalue weighted by molar-refractivity contribution is 7.80. The molecule has 0 radical (unpaired) electrons. The fourth-order valence-corrected chi connectivity index (χ4v) is 1.41. The van der Waals surface area contributed by atoms with E-state index in [2.05, 4.69) is 22.3 Å². The number of ether oxygens (including phenoxy) is 1. The van der Waals surface area contributed by atoms with Gasteiger partial charge in [-0.05, 0) is 18.2 Å². The van der Waals surface area contributed by atoms with Gasteiger partial charge >= 0.3 is 5.97 Å². The summed E-state index contributed by atoms with van der Waals surface area (Å²) in [6, 6.07) is 1.65. The van der Waals surface area contributed by atoms with Crippen molar-refractivity contribution < 1.29 is 9.53 Å². The van der Waals surface area contributed by atoms with Crippen LogP contribution in [0.1, 0.15) is 22.3 Å². The molecule has 1 rings (SSSR count). The summed E-state index contributed by atoms with van der Waals surface area (Å²) in [6.45, 7) is 0. The van der Waals surface area contributed by atoms with Gasteiger partial charge < -0.3 is 4.74 Å². The molecule has 0 aliphatic heterocycles. The molecule has 0 unspecified atom stereocenters. The number of halogens is 1. The number of hydrogen-bond acceptors (Lipinski definition) is 4. The van der Waals surface area contributed by atoms with E-state index in [1.54, 1.807) is 6.07 Å². The van der Waals surface area contributed by atoms with Crippen molar-refractivity contribution >= 4 is 36.3 Å². The molecule has 0 fully saturated rings. The first-order chi connectivity index (χ1) is 7.69. The summed E-state index contributed by atoms with van der Waals surface area (Å²) in [5.74, 6) is 0.339. The Balaban J connectivity index is 2.94. The number of aromatic nitrogens is 1. The zero-order valence-corrected chi connectivity index (χ0v) is 10.5. The van der Waals surface area contributed by atoms with Crippen molar-refractivity contribution in [3.63, 3.8) is 0 Å². The zero-order valence-electron chi connectivity index (χ0n) is 8.81. The maximum absolute atomic E-state index is 11.3. The summed E-state index contributed by atoms with van der Waals surface area (Å²) in [4.78, 5) is 15.2. The summed E-state index contributed by atoms with van der Waals surface area (Å²) < 4.78 is 4.60. The van der Waals surface area contributed by atoms with Gasteiger partial charge in [-0.2, -0.15) is 12.6 Å². The molecule has 3 nitrogen and oxygen atoms in total. The third kappa shape index (κ3) is 3.54. The number of methoxy groups -OCH3 is 1. The maximum atomic E-state index is 11.3. The van der Waals surface area contributed by atoms with E-state index in [-0.39, 0.29) is 0 Å². The van der Waals surface area contributed by atoms with Crippen molar-refractivity contribution in [3.8, 4) is 0 Å². The molecule has 0 aliphatic rings. The highest BCUT2D eigenvalue weighted by Crippen LogP contribution is 2.16. The second kappa shape index (κ2) is 6.55. The number of hydrogen-bond donors (Lipinski definition) is 1. The van der Waals surface area contributed by atoms with Crippen LogP contribution in [-0.4, -0.2) is 23.8 Å². The predicted molar refractivity (Wildman–Crippen MR) is 68.1 cm³/mol. The van der Waals surface area contributed by atoms with Gasteiger partial charge in [-0.3, -0.25) is 0 Å². The molecular formula is C11H12ClNO2S. The van der Waals surface area contributed by atoms with Gasteiger partial charge in [0, 0.05) is 11.8 Å². The molecule has 0 N–H and O–H groups in total. The van der Waals surface area contributed by atoms with Crippen molar-refractivity contribution in [2.75, 3.05) is 12.9 Å². The lowest BCUT2D eigenvalue weighted by molar-refractivity contribution is 0.0600. The molecule has 5 heteroatoms. The first-order valence-corrected chi connectivity index (χ1v) is 5.71. The number of nitrogens with zero attached hydrogens (tertiary/aromatic N) is 1. The Kier molecular flexibility index (Phi) is 5.35. The Bertz CT molecular complexity index is 407. The SMILES string of the molecule is COC(=O)c1cnc(Cl)c(C=CCCS)c1. The first-order valence-electron chi connectivity index (χ1n) is 4.70. The summed E-state index contributed by atoms with van der Waals surface area (Å²) in [5, 5.41) is 0.364. The van der Waals surface area contributed by atoms with Crippen molar-refractivity contribution in [3.05, 3.63) is 34.6 Å². The highest BCUT2D eigenvalue weighted by Gasteiger charge is 2.08. The van der Waals surface area contributed by atoms with Crippen LogP contribution in [0.5, 0.6) is 0 Å². The summed E-state index contributed by atoms with van der Waals surface area (Å²) in [5.41, 5.74) is 1.09.